The van der Waals surface area contributed by atoms with E-state index in [9.17, 15) is 8.78 Å². The third-order valence-corrected chi connectivity index (χ3v) is 3.56. The first-order chi connectivity index (χ1) is 9.69. The highest BCUT2D eigenvalue weighted by molar-refractivity contribution is 7.98. The number of hydrogen-bond acceptors (Lipinski definition) is 4. The summed E-state index contributed by atoms with van der Waals surface area (Å²) in [5, 5.41) is 3.92. The van der Waals surface area contributed by atoms with Gasteiger partial charge in [-0.2, -0.15) is 5.10 Å². The van der Waals surface area contributed by atoms with Crippen LogP contribution in [0.25, 0.3) is 17.0 Å². The van der Waals surface area contributed by atoms with E-state index in [0.717, 1.165) is 4.90 Å². The van der Waals surface area contributed by atoms with Gasteiger partial charge in [-0.05, 0) is 30.5 Å². The fourth-order valence-corrected chi connectivity index (χ4v) is 2.28. The minimum Gasteiger partial charge on any atom is -0.254 e. The molecule has 0 aliphatic heterocycles. The molecule has 0 aliphatic rings. The normalized spacial score (nSPS) is 11.4. The number of imidazole rings is 1. The van der Waals surface area contributed by atoms with Crippen molar-refractivity contribution in [3.8, 4) is 11.4 Å². The summed E-state index contributed by atoms with van der Waals surface area (Å²) >= 11 is 1.58. The first-order valence-corrected chi connectivity index (χ1v) is 7.05. The quantitative estimate of drug-likeness (QED) is 0.693. The third-order valence-electron chi connectivity index (χ3n) is 2.84. The van der Waals surface area contributed by atoms with Gasteiger partial charge in [-0.1, -0.05) is 0 Å². The standard InChI is InChI=1S/C13H10F2N4S/c1-20-8-4-5-16-10(6-8)11-7-17-12-3-2-9(13(14)15)18-19(11)12/h2-7,13H,1H3. The van der Waals surface area contributed by atoms with Crippen LogP contribution in [0.4, 0.5) is 8.78 Å². The van der Waals surface area contributed by atoms with E-state index in [2.05, 4.69) is 15.1 Å². The van der Waals surface area contributed by atoms with E-state index in [4.69, 9.17) is 0 Å². The van der Waals surface area contributed by atoms with Crippen molar-refractivity contribution in [2.45, 2.75) is 11.3 Å². The lowest BCUT2D eigenvalue weighted by Gasteiger charge is -2.04. The van der Waals surface area contributed by atoms with Crippen molar-refractivity contribution in [1.29, 1.82) is 0 Å². The molecule has 20 heavy (non-hydrogen) atoms. The summed E-state index contributed by atoms with van der Waals surface area (Å²) in [5.74, 6) is 0. The van der Waals surface area contributed by atoms with Crippen LogP contribution in [0.5, 0.6) is 0 Å². The molecule has 0 saturated carbocycles. The molecule has 0 bridgehead atoms. The van der Waals surface area contributed by atoms with Gasteiger partial charge in [-0.25, -0.2) is 18.3 Å². The molecule has 0 aliphatic carbocycles. The summed E-state index contributed by atoms with van der Waals surface area (Å²) in [6.07, 6.45) is 2.61. The zero-order valence-corrected chi connectivity index (χ0v) is 11.3. The van der Waals surface area contributed by atoms with Gasteiger partial charge in [-0.15, -0.1) is 11.8 Å². The molecule has 0 unspecified atom stereocenters. The summed E-state index contributed by atoms with van der Waals surface area (Å²) in [6.45, 7) is 0. The number of alkyl halides is 2. The summed E-state index contributed by atoms with van der Waals surface area (Å²) < 4.78 is 26.9. The Hall–Kier alpha value is -2.02. The van der Waals surface area contributed by atoms with Crippen LogP contribution in [0.3, 0.4) is 0 Å². The molecule has 0 N–H and O–H groups in total. The van der Waals surface area contributed by atoms with Gasteiger partial charge >= 0.3 is 0 Å². The van der Waals surface area contributed by atoms with Crippen LogP contribution < -0.4 is 0 Å². The molecule has 0 amide bonds. The zero-order valence-electron chi connectivity index (χ0n) is 10.5. The topological polar surface area (TPSA) is 43.1 Å². The fraction of sp³-hybridized carbons (Fsp3) is 0.154. The van der Waals surface area contributed by atoms with Crippen molar-refractivity contribution in [2.24, 2.45) is 0 Å². The maximum Gasteiger partial charge on any atom is 0.282 e. The predicted octanol–water partition coefficient (Wildman–Crippen LogP) is 3.45. The second-order valence-electron chi connectivity index (χ2n) is 4.05. The lowest BCUT2D eigenvalue weighted by atomic mass is 10.3. The lowest BCUT2D eigenvalue weighted by molar-refractivity contribution is 0.144. The summed E-state index contributed by atoms with van der Waals surface area (Å²) in [5.41, 5.74) is 1.49. The van der Waals surface area contributed by atoms with Gasteiger partial charge in [0.25, 0.3) is 6.43 Å². The third kappa shape index (κ3) is 2.24. The Morgan fingerprint density at radius 2 is 2.05 bits per heavy atom. The molecule has 4 nitrogen and oxygen atoms in total. The van der Waals surface area contributed by atoms with Crippen LogP contribution in [0.15, 0.2) is 41.6 Å². The minimum absolute atomic E-state index is 0.280. The Kier molecular flexibility index (Phi) is 3.35. The van der Waals surface area contributed by atoms with E-state index in [1.807, 2.05) is 18.4 Å². The number of nitrogens with zero attached hydrogens (tertiary/aromatic N) is 4. The van der Waals surface area contributed by atoms with Crippen molar-refractivity contribution in [3.05, 3.63) is 42.4 Å². The van der Waals surface area contributed by atoms with Crippen molar-refractivity contribution in [3.63, 3.8) is 0 Å². The van der Waals surface area contributed by atoms with Gasteiger partial charge in [0.2, 0.25) is 0 Å². The van der Waals surface area contributed by atoms with E-state index in [0.29, 0.717) is 17.0 Å². The summed E-state index contributed by atoms with van der Waals surface area (Å²) in [6, 6.07) is 6.57. The van der Waals surface area contributed by atoms with Gasteiger partial charge in [0.1, 0.15) is 11.4 Å². The average molecular weight is 292 g/mol. The molecule has 3 aromatic heterocycles. The van der Waals surface area contributed by atoms with Crippen molar-refractivity contribution < 1.29 is 8.78 Å². The van der Waals surface area contributed by atoms with Crippen LogP contribution in [-0.2, 0) is 0 Å². The smallest absolute Gasteiger partial charge is 0.254 e. The summed E-state index contributed by atoms with van der Waals surface area (Å²) in [7, 11) is 0. The van der Waals surface area contributed by atoms with Crippen LogP contribution in [0.1, 0.15) is 12.1 Å². The maximum absolute atomic E-state index is 12.7. The van der Waals surface area contributed by atoms with Gasteiger partial charge < -0.3 is 0 Å². The Labute approximate surface area is 117 Å². The predicted molar refractivity (Wildman–Crippen MR) is 73.0 cm³/mol. The Morgan fingerprint density at radius 3 is 2.80 bits per heavy atom. The Balaban J connectivity index is 2.17. The molecule has 102 valence electrons. The van der Waals surface area contributed by atoms with E-state index in [-0.39, 0.29) is 5.69 Å². The highest BCUT2D eigenvalue weighted by Crippen LogP contribution is 2.24. The van der Waals surface area contributed by atoms with Crippen molar-refractivity contribution >= 4 is 17.4 Å². The van der Waals surface area contributed by atoms with Crippen molar-refractivity contribution in [2.75, 3.05) is 6.26 Å². The van der Waals surface area contributed by atoms with Gasteiger partial charge in [0.15, 0.2) is 5.65 Å². The monoisotopic (exact) mass is 292 g/mol. The van der Waals surface area contributed by atoms with E-state index >= 15 is 0 Å². The first-order valence-electron chi connectivity index (χ1n) is 5.82. The summed E-state index contributed by atoms with van der Waals surface area (Å²) in [4.78, 5) is 9.45. The van der Waals surface area contributed by atoms with Crippen molar-refractivity contribution in [1.82, 2.24) is 19.6 Å². The second-order valence-corrected chi connectivity index (χ2v) is 4.93. The highest BCUT2D eigenvalue weighted by atomic mass is 32.2. The number of hydrogen-bond donors (Lipinski definition) is 0. The van der Waals surface area contributed by atoms with Crippen LogP contribution in [0, 0.1) is 0 Å². The number of rotatable bonds is 3. The molecule has 0 radical (unpaired) electrons. The molecule has 7 heteroatoms. The zero-order chi connectivity index (χ0) is 14.1. The van der Waals surface area contributed by atoms with Gasteiger partial charge in [-0.3, -0.25) is 4.98 Å². The molecule has 3 aromatic rings. The molecule has 0 atom stereocenters. The van der Waals surface area contributed by atoms with Crippen LogP contribution in [0.2, 0.25) is 0 Å². The number of fused-ring (bicyclic) bond motifs is 1. The first kappa shape index (κ1) is 13.0. The largest absolute Gasteiger partial charge is 0.282 e. The number of pyridine rings is 1. The van der Waals surface area contributed by atoms with Crippen LogP contribution >= 0.6 is 11.8 Å². The minimum atomic E-state index is -2.61. The Morgan fingerprint density at radius 1 is 1.20 bits per heavy atom. The molecule has 0 aromatic carbocycles. The average Bonchev–Trinajstić information content (AvgIpc) is 2.90. The molecule has 3 rings (SSSR count). The molecule has 0 spiro atoms. The molecule has 3 heterocycles. The molecular formula is C13H10F2N4S. The van der Waals surface area contributed by atoms with E-state index in [1.54, 1.807) is 24.2 Å². The molecule has 0 fully saturated rings. The number of thioether (sulfide) groups is 1. The number of halogens is 2. The molecule has 0 saturated heterocycles. The van der Waals surface area contributed by atoms with Gasteiger partial charge in [0, 0.05) is 11.1 Å². The second kappa shape index (κ2) is 5.16. The van der Waals surface area contributed by atoms with Gasteiger partial charge in [0.05, 0.1) is 11.9 Å². The lowest BCUT2D eigenvalue weighted by Crippen LogP contribution is -2.00. The van der Waals surface area contributed by atoms with Crippen LogP contribution in [-0.4, -0.2) is 25.8 Å². The Bertz CT molecular complexity index is 757. The molecular weight excluding hydrogens is 282 g/mol. The fourth-order valence-electron chi connectivity index (χ4n) is 1.86. The maximum atomic E-state index is 12.7. The van der Waals surface area contributed by atoms with E-state index < -0.39 is 6.43 Å². The highest BCUT2D eigenvalue weighted by Gasteiger charge is 2.13. The number of aromatic nitrogens is 4. The van der Waals surface area contributed by atoms with E-state index in [1.165, 1.54) is 16.6 Å². The SMILES string of the molecule is CSc1ccnc(-c2cnc3ccc(C(F)F)nn23)c1.